The molecule has 1 aromatic carbocycles. The van der Waals surface area contributed by atoms with Gasteiger partial charge in [0.15, 0.2) is 18.0 Å². The Morgan fingerprint density at radius 3 is 2.25 bits per heavy atom. The van der Waals surface area contributed by atoms with Gasteiger partial charge >= 0.3 is 6.09 Å². The third kappa shape index (κ3) is 4.49. The molecule has 1 saturated heterocycles. The number of nitrogens with zero attached hydrogens (tertiary/aromatic N) is 2. The zero-order chi connectivity index (χ0) is 20.1. The summed E-state index contributed by atoms with van der Waals surface area (Å²) in [6, 6.07) is 3.98. The number of methoxy groups -OCH3 is 2. The van der Waals surface area contributed by atoms with Gasteiger partial charge in [-0.1, -0.05) is 0 Å². The van der Waals surface area contributed by atoms with Crippen molar-refractivity contribution in [2.24, 2.45) is 0 Å². The molecule has 8 heteroatoms. The predicted molar refractivity (Wildman–Crippen MR) is 103 cm³/mol. The molecule has 2 amide bonds. The Kier molecular flexibility index (Phi) is 6.61. The van der Waals surface area contributed by atoms with Crippen molar-refractivity contribution < 1.29 is 28.7 Å². The summed E-state index contributed by atoms with van der Waals surface area (Å²) >= 11 is 0. The van der Waals surface area contributed by atoms with Crippen LogP contribution in [-0.2, 0) is 22.5 Å². The van der Waals surface area contributed by atoms with E-state index < -0.39 is 0 Å². The van der Waals surface area contributed by atoms with Gasteiger partial charge in [0.2, 0.25) is 0 Å². The summed E-state index contributed by atoms with van der Waals surface area (Å²) < 4.78 is 15.8. The first-order chi connectivity index (χ1) is 13.5. The van der Waals surface area contributed by atoms with Gasteiger partial charge in [-0.15, -0.1) is 0 Å². The first-order valence-corrected chi connectivity index (χ1v) is 9.82. The number of nitrogens with one attached hydrogen (secondary N) is 1. The van der Waals surface area contributed by atoms with E-state index in [1.54, 1.807) is 26.0 Å². The molecule has 2 heterocycles. The van der Waals surface area contributed by atoms with E-state index in [1.165, 1.54) is 10.5 Å². The molecule has 154 valence electrons. The van der Waals surface area contributed by atoms with E-state index in [0.29, 0.717) is 45.1 Å². The highest BCUT2D eigenvalue weighted by Gasteiger charge is 2.29. The standard InChI is InChI=1S/C20H29N3O5/c1-4-28-20(25)22-9-7-21(8-10-22)14-19(24)23-6-5-15-11-17(26-2)18(27-3)12-16(15)13-23/h11-12H,4-10,13-14H2,1-3H3/p+1. The molecule has 1 fully saturated rings. The maximum atomic E-state index is 12.8. The summed E-state index contributed by atoms with van der Waals surface area (Å²) in [6.07, 6.45) is 0.554. The van der Waals surface area contributed by atoms with Gasteiger partial charge in [-0.05, 0) is 36.6 Å². The Morgan fingerprint density at radius 1 is 1.00 bits per heavy atom. The summed E-state index contributed by atoms with van der Waals surface area (Å²) in [7, 11) is 3.25. The number of hydrogen-bond donors (Lipinski definition) is 1. The van der Waals surface area contributed by atoms with Crippen LogP contribution in [0.1, 0.15) is 18.1 Å². The molecule has 2 aliphatic rings. The number of hydrogen-bond acceptors (Lipinski definition) is 5. The van der Waals surface area contributed by atoms with Crippen LogP contribution in [0.25, 0.3) is 0 Å². The molecule has 0 radical (unpaired) electrons. The predicted octanol–water partition coefficient (Wildman–Crippen LogP) is -0.0545. The zero-order valence-electron chi connectivity index (χ0n) is 17.0. The molecule has 28 heavy (non-hydrogen) atoms. The normalized spacial score (nSPS) is 17.1. The van der Waals surface area contributed by atoms with Crippen LogP contribution < -0.4 is 14.4 Å². The van der Waals surface area contributed by atoms with Gasteiger partial charge in [0.05, 0.1) is 47.0 Å². The lowest BCUT2D eigenvalue weighted by Crippen LogP contribution is -3.15. The molecule has 0 atom stereocenters. The minimum absolute atomic E-state index is 0.153. The maximum absolute atomic E-state index is 12.8. The van der Waals surface area contributed by atoms with Crippen molar-refractivity contribution in [2.45, 2.75) is 19.9 Å². The van der Waals surface area contributed by atoms with Gasteiger partial charge in [-0.3, -0.25) is 9.69 Å². The first kappa shape index (κ1) is 20.3. The monoisotopic (exact) mass is 392 g/mol. The van der Waals surface area contributed by atoms with Crippen molar-refractivity contribution in [1.82, 2.24) is 9.80 Å². The molecule has 0 unspecified atom stereocenters. The number of piperazine rings is 1. The van der Waals surface area contributed by atoms with E-state index in [4.69, 9.17) is 14.2 Å². The fourth-order valence-corrected chi connectivity index (χ4v) is 3.82. The lowest BCUT2D eigenvalue weighted by atomic mass is 9.98. The molecule has 0 spiro atoms. The lowest BCUT2D eigenvalue weighted by Gasteiger charge is -2.34. The summed E-state index contributed by atoms with van der Waals surface area (Å²) in [5, 5.41) is 0. The van der Waals surface area contributed by atoms with Crippen LogP contribution >= 0.6 is 0 Å². The molecule has 0 aliphatic carbocycles. The molecule has 0 aromatic heterocycles. The van der Waals surface area contributed by atoms with Crippen LogP contribution in [0.4, 0.5) is 4.79 Å². The third-order valence-corrected chi connectivity index (χ3v) is 5.47. The van der Waals surface area contributed by atoms with E-state index in [0.717, 1.165) is 30.8 Å². The SMILES string of the molecule is CCOC(=O)N1CC[NH+](CC(=O)N2CCc3cc(OC)c(OC)cc3C2)CC1. The number of rotatable bonds is 5. The Morgan fingerprint density at radius 2 is 1.64 bits per heavy atom. The van der Waals surface area contributed by atoms with Gasteiger partial charge in [0.1, 0.15) is 0 Å². The Hall–Kier alpha value is -2.48. The zero-order valence-corrected chi connectivity index (χ0v) is 17.0. The topological polar surface area (TPSA) is 72.8 Å². The van der Waals surface area contributed by atoms with Crippen LogP contribution in [0, 0.1) is 0 Å². The Bertz CT molecular complexity index is 716. The maximum Gasteiger partial charge on any atom is 0.410 e. The second-order valence-electron chi connectivity index (χ2n) is 7.15. The van der Waals surface area contributed by atoms with Crippen molar-refractivity contribution in [3.8, 4) is 11.5 Å². The number of amides is 2. The fraction of sp³-hybridized carbons (Fsp3) is 0.600. The van der Waals surface area contributed by atoms with Gasteiger partial charge in [0, 0.05) is 13.1 Å². The summed E-state index contributed by atoms with van der Waals surface area (Å²) in [5.74, 6) is 1.57. The van der Waals surface area contributed by atoms with E-state index in [9.17, 15) is 9.59 Å². The second-order valence-corrected chi connectivity index (χ2v) is 7.15. The van der Waals surface area contributed by atoms with E-state index in [2.05, 4.69) is 0 Å². The molecule has 0 saturated carbocycles. The second kappa shape index (κ2) is 9.14. The molecule has 2 aliphatic heterocycles. The molecule has 8 nitrogen and oxygen atoms in total. The number of fused-ring (bicyclic) bond motifs is 1. The van der Waals surface area contributed by atoms with E-state index >= 15 is 0 Å². The molecule has 3 rings (SSSR count). The van der Waals surface area contributed by atoms with Crippen LogP contribution in [0.2, 0.25) is 0 Å². The highest BCUT2D eigenvalue weighted by Crippen LogP contribution is 2.33. The third-order valence-electron chi connectivity index (χ3n) is 5.47. The number of ether oxygens (including phenoxy) is 3. The van der Waals surface area contributed by atoms with Gasteiger partial charge in [-0.2, -0.15) is 0 Å². The quantitative estimate of drug-likeness (QED) is 0.761. The smallest absolute Gasteiger partial charge is 0.410 e. The average Bonchev–Trinajstić information content (AvgIpc) is 2.72. The van der Waals surface area contributed by atoms with Crippen LogP contribution in [0.5, 0.6) is 11.5 Å². The number of carbonyl (C=O) groups excluding carboxylic acids is 2. The Balaban J connectivity index is 1.55. The van der Waals surface area contributed by atoms with Crippen molar-refractivity contribution in [3.63, 3.8) is 0 Å². The van der Waals surface area contributed by atoms with Crippen LogP contribution in [0.3, 0.4) is 0 Å². The minimum atomic E-state index is -0.259. The number of carbonyl (C=O) groups is 2. The largest absolute Gasteiger partial charge is 0.493 e. The highest BCUT2D eigenvalue weighted by atomic mass is 16.6. The fourth-order valence-electron chi connectivity index (χ4n) is 3.82. The summed E-state index contributed by atoms with van der Waals surface area (Å²) in [6.45, 7) is 6.74. The summed E-state index contributed by atoms with van der Waals surface area (Å²) in [5.41, 5.74) is 2.32. The van der Waals surface area contributed by atoms with Gasteiger partial charge in [-0.25, -0.2) is 4.79 Å². The summed E-state index contributed by atoms with van der Waals surface area (Å²) in [4.78, 5) is 29.4. The highest BCUT2D eigenvalue weighted by molar-refractivity contribution is 5.77. The van der Waals surface area contributed by atoms with Crippen LogP contribution in [-0.4, -0.2) is 81.9 Å². The molecule has 1 N–H and O–H groups in total. The Labute approximate surface area is 165 Å². The molecular formula is C20H30N3O5+. The van der Waals surface area contributed by atoms with E-state index in [1.807, 2.05) is 17.0 Å². The number of quaternary nitrogens is 1. The molecule has 0 bridgehead atoms. The molecule has 1 aromatic rings. The van der Waals surface area contributed by atoms with Crippen molar-refractivity contribution in [3.05, 3.63) is 23.3 Å². The van der Waals surface area contributed by atoms with Crippen molar-refractivity contribution in [2.75, 3.05) is 60.1 Å². The van der Waals surface area contributed by atoms with Crippen molar-refractivity contribution >= 4 is 12.0 Å². The van der Waals surface area contributed by atoms with Crippen molar-refractivity contribution in [1.29, 1.82) is 0 Å². The average molecular weight is 392 g/mol. The van der Waals surface area contributed by atoms with Crippen LogP contribution in [0.15, 0.2) is 12.1 Å². The minimum Gasteiger partial charge on any atom is -0.493 e. The number of benzene rings is 1. The van der Waals surface area contributed by atoms with Gasteiger partial charge < -0.3 is 24.0 Å². The molecular weight excluding hydrogens is 362 g/mol. The lowest BCUT2D eigenvalue weighted by molar-refractivity contribution is -0.896. The van der Waals surface area contributed by atoms with E-state index in [-0.39, 0.29) is 12.0 Å². The van der Waals surface area contributed by atoms with Gasteiger partial charge in [0.25, 0.3) is 5.91 Å². The first-order valence-electron chi connectivity index (χ1n) is 9.82.